The fraction of sp³-hybridized carbons (Fsp3) is 0.250. The molecule has 1 aliphatic rings. The minimum absolute atomic E-state index is 0.0212. The van der Waals surface area contributed by atoms with Gasteiger partial charge in [0.15, 0.2) is 6.61 Å². The van der Waals surface area contributed by atoms with Crippen LogP contribution in [0.15, 0.2) is 53.1 Å². The lowest BCUT2D eigenvalue weighted by Gasteiger charge is -2.36. The number of nitrogens with zero attached hydrogens (tertiary/aromatic N) is 3. The van der Waals surface area contributed by atoms with E-state index in [1.54, 1.807) is 17.0 Å². The zero-order valence-corrected chi connectivity index (χ0v) is 15.5. The van der Waals surface area contributed by atoms with Gasteiger partial charge in [-0.2, -0.15) is 4.98 Å². The van der Waals surface area contributed by atoms with Gasteiger partial charge in [0.05, 0.1) is 5.92 Å². The average Bonchev–Trinajstić information content (AvgIpc) is 3.10. The van der Waals surface area contributed by atoms with Gasteiger partial charge in [-0.25, -0.2) is 0 Å². The summed E-state index contributed by atoms with van der Waals surface area (Å²) < 4.78 is 10.9. The standard InChI is InChI=1S/C20H18ClN3O3/c1-13-5-7-17(8-6-13)26-12-18(25)24-10-15(11-24)20-22-19(23-27-20)14-3-2-4-16(21)9-14/h2-9,15H,10-12H2,1H3. The van der Waals surface area contributed by atoms with E-state index < -0.39 is 0 Å². The molecule has 0 bridgehead atoms. The Balaban J connectivity index is 1.30. The van der Waals surface area contributed by atoms with Crippen molar-refractivity contribution in [1.29, 1.82) is 0 Å². The van der Waals surface area contributed by atoms with E-state index in [0.717, 1.165) is 11.1 Å². The van der Waals surface area contributed by atoms with Crippen molar-refractivity contribution in [3.05, 3.63) is 65.0 Å². The van der Waals surface area contributed by atoms with Gasteiger partial charge in [-0.05, 0) is 31.2 Å². The second-order valence-corrected chi connectivity index (χ2v) is 7.00. The first-order valence-electron chi connectivity index (χ1n) is 8.65. The Morgan fingerprint density at radius 1 is 1.26 bits per heavy atom. The van der Waals surface area contributed by atoms with Crippen molar-refractivity contribution in [2.75, 3.05) is 19.7 Å². The third-order valence-electron chi connectivity index (χ3n) is 4.49. The van der Waals surface area contributed by atoms with Gasteiger partial charge in [0.25, 0.3) is 5.91 Å². The molecule has 0 N–H and O–H groups in total. The summed E-state index contributed by atoms with van der Waals surface area (Å²) in [4.78, 5) is 18.4. The van der Waals surface area contributed by atoms with Crippen molar-refractivity contribution in [2.24, 2.45) is 0 Å². The molecule has 2 aromatic carbocycles. The van der Waals surface area contributed by atoms with E-state index in [4.69, 9.17) is 20.9 Å². The van der Waals surface area contributed by atoms with Crippen LogP contribution in [0.25, 0.3) is 11.4 Å². The molecule has 2 heterocycles. The Morgan fingerprint density at radius 3 is 2.78 bits per heavy atom. The summed E-state index contributed by atoms with van der Waals surface area (Å²) in [7, 11) is 0. The molecule has 27 heavy (non-hydrogen) atoms. The van der Waals surface area contributed by atoms with Crippen LogP contribution in [0, 0.1) is 6.92 Å². The van der Waals surface area contributed by atoms with E-state index in [2.05, 4.69) is 10.1 Å². The van der Waals surface area contributed by atoms with Gasteiger partial charge >= 0.3 is 0 Å². The third kappa shape index (κ3) is 3.95. The Morgan fingerprint density at radius 2 is 2.04 bits per heavy atom. The number of carbonyl (C=O) groups excluding carboxylic acids is 1. The van der Waals surface area contributed by atoms with Gasteiger partial charge in [0.1, 0.15) is 5.75 Å². The molecule has 1 aromatic heterocycles. The smallest absolute Gasteiger partial charge is 0.260 e. The van der Waals surface area contributed by atoms with E-state index in [1.165, 1.54) is 0 Å². The van der Waals surface area contributed by atoms with Crippen molar-refractivity contribution in [2.45, 2.75) is 12.8 Å². The van der Waals surface area contributed by atoms with E-state index >= 15 is 0 Å². The molecule has 7 heteroatoms. The minimum Gasteiger partial charge on any atom is -0.484 e. The summed E-state index contributed by atoms with van der Waals surface area (Å²) in [6.07, 6.45) is 0. The van der Waals surface area contributed by atoms with Crippen LogP contribution in [0.2, 0.25) is 5.02 Å². The van der Waals surface area contributed by atoms with Gasteiger partial charge < -0.3 is 14.2 Å². The summed E-state index contributed by atoms with van der Waals surface area (Å²) in [5.41, 5.74) is 1.95. The minimum atomic E-state index is -0.0543. The highest BCUT2D eigenvalue weighted by atomic mass is 35.5. The van der Waals surface area contributed by atoms with Gasteiger partial charge in [-0.1, -0.05) is 46.6 Å². The SMILES string of the molecule is Cc1ccc(OCC(=O)N2CC(c3nc(-c4cccc(Cl)c4)no3)C2)cc1. The van der Waals surface area contributed by atoms with Crippen LogP contribution in [0.3, 0.4) is 0 Å². The molecule has 0 atom stereocenters. The highest BCUT2D eigenvalue weighted by Crippen LogP contribution is 2.28. The topological polar surface area (TPSA) is 68.5 Å². The molecule has 0 spiro atoms. The first-order valence-corrected chi connectivity index (χ1v) is 9.03. The van der Waals surface area contributed by atoms with Gasteiger partial charge in [0, 0.05) is 23.7 Å². The number of hydrogen-bond donors (Lipinski definition) is 0. The number of likely N-dealkylation sites (tertiary alicyclic amines) is 1. The first-order chi connectivity index (χ1) is 13.1. The lowest BCUT2D eigenvalue weighted by atomic mass is 10.0. The molecule has 1 fully saturated rings. The highest BCUT2D eigenvalue weighted by molar-refractivity contribution is 6.30. The first kappa shape index (κ1) is 17.5. The van der Waals surface area contributed by atoms with Crippen molar-refractivity contribution in [3.63, 3.8) is 0 Å². The summed E-state index contributed by atoms with van der Waals surface area (Å²) >= 11 is 6.00. The van der Waals surface area contributed by atoms with Crippen molar-refractivity contribution in [3.8, 4) is 17.1 Å². The third-order valence-corrected chi connectivity index (χ3v) is 4.73. The van der Waals surface area contributed by atoms with E-state index in [1.807, 2.05) is 43.3 Å². The number of carbonyl (C=O) groups is 1. The average molecular weight is 384 g/mol. The lowest BCUT2D eigenvalue weighted by Crippen LogP contribution is -2.50. The summed E-state index contributed by atoms with van der Waals surface area (Å²) in [6, 6.07) is 14.9. The highest BCUT2D eigenvalue weighted by Gasteiger charge is 2.35. The van der Waals surface area contributed by atoms with Crippen molar-refractivity contribution >= 4 is 17.5 Å². The quantitative estimate of drug-likeness (QED) is 0.672. The predicted octanol–water partition coefficient (Wildman–Crippen LogP) is 3.70. The fourth-order valence-electron chi connectivity index (χ4n) is 2.86. The van der Waals surface area contributed by atoms with Crippen LogP contribution in [-0.4, -0.2) is 40.6 Å². The monoisotopic (exact) mass is 383 g/mol. The van der Waals surface area contributed by atoms with Crippen LogP contribution < -0.4 is 4.74 Å². The molecule has 0 aliphatic carbocycles. The van der Waals surface area contributed by atoms with Crippen molar-refractivity contribution < 1.29 is 14.1 Å². The van der Waals surface area contributed by atoms with Crippen LogP contribution in [0.5, 0.6) is 5.75 Å². The lowest BCUT2D eigenvalue weighted by molar-refractivity contribution is -0.138. The predicted molar refractivity (Wildman–Crippen MR) is 101 cm³/mol. The number of hydrogen-bond acceptors (Lipinski definition) is 5. The molecule has 138 valence electrons. The molecule has 0 saturated carbocycles. The molecule has 0 unspecified atom stereocenters. The van der Waals surface area contributed by atoms with E-state index in [9.17, 15) is 4.79 Å². The number of halogens is 1. The largest absolute Gasteiger partial charge is 0.484 e. The molecule has 1 amide bonds. The Bertz CT molecular complexity index is 949. The number of benzene rings is 2. The Hall–Kier alpha value is -2.86. The molecule has 6 nitrogen and oxygen atoms in total. The van der Waals surface area contributed by atoms with E-state index in [-0.39, 0.29) is 18.4 Å². The molecular formula is C20H18ClN3O3. The zero-order valence-electron chi connectivity index (χ0n) is 14.8. The number of ether oxygens (including phenoxy) is 1. The number of rotatable bonds is 5. The van der Waals surface area contributed by atoms with E-state index in [0.29, 0.717) is 35.6 Å². The van der Waals surface area contributed by atoms with Gasteiger partial charge in [-0.3, -0.25) is 4.79 Å². The fourth-order valence-corrected chi connectivity index (χ4v) is 3.05. The second kappa shape index (κ2) is 7.40. The number of aromatic nitrogens is 2. The van der Waals surface area contributed by atoms with Crippen LogP contribution in [-0.2, 0) is 4.79 Å². The Labute approximate surface area is 161 Å². The second-order valence-electron chi connectivity index (χ2n) is 6.56. The van der Waals surface area contributed by atoms with Crippen LogP contribution in [0.1, 0.15) is 17.4 Å². The summed E-state index contributed by atoms with van der Waals surface area (Å²) in [5, 5.41) is 4.63. The zero-order chi connectivity index (χ0) is 18.8. The summed E-state index contributed by atoms with van der Waals surface area (Å²) in [6.45, 7) is 3.12. The maximum absolute atomic E-state index is 12.2. The molecule has 0 radical (unpaired) electrons. The number of amides is 1. The van der Waals surface area contributed by atoms with Crippen LogP contribution in [0.4, 0.5) is 0 Å². The van der Waals surface area contributed by atoms with Gasteiger partial charge in [0.2, 0.25) is 11.7 Å². The van der Waals surface area contributed by atoms with Crippen LogP contribution >= 0.6 is 11.6 Å². The normalized spacial score (nSPS) is 14.1. The molecular weight excluding hydrogens is 366 g/mol. The number of aryl methyl sites for hydroxylation is 1. The molecule has 1 aliphatic heterocycles. The maximum atomic E-state index is 12.2. The Kier molecular flexibility index (Phi) is 4.81. The maximum Gasteiger partial charge on any atom is 0.260 e. The molecule has 4 rings (SSSR count). The van der Waals surface area contributed by atoms with Crippen molar-refractivity contribution in [1.82, 2.24) is 15.0 Å². The molecule has 1 saturated heterocycles. The molecule has 3 aromatic rings. The van der Waals surface area contributed by atoms with Gasteiger partial charge in [-0.15, -0.1) is 0 Å². The summed E-state index contributed by atoms with van der Waals surface area (Å²) in [5.74, 6) is 1.72.